The molecule has 0 aromatic carbocycles. The molecule has 52 valence electrons. The Morgan fingerprint density at radius 2 is 1.44 bits per heavy atom. The van der Waals surface area contributed by atoms with Crippen LogP contribution < -0.4 is 0 Å². The molecule has 0 N–H and O–H groups in total. The molecule has 2 fully saturated rings. The van der Waals surface area contributed by atoms with E-state index >= 15 is 0 Å². The van der Waals surface area contributed by atoms with Crippen LogP contribution in [0.15, 0.2) is 0 Å². The molecule has 2 heteroatoms. The van der Waals surface area contributed by atoms with Gasteiger partial charge in [0.05, 0.1) is 0 Å². The van der Waals surface area contributed by atoms with Gasteiger partial charge in [-0.25, -0.2) is 0 Å². The zero-order chi connectivity index (χ0) is 6.10. The van der Waals surface area contributed by atoms with Gasteiger partial charge in [0.1, 0.15) is 0 Å². The molecule has 0 spiro atoms. The van der Waals surface area contributed by atoms with Gasteiger partial charge in [0.25, 0.3) is 0 Å². The predicted octanol–water partition coefficient (Wildman–Crippen LogP) is 2.39. The van der Waals surface area contributed by atoms with Crippen LogP contribution in [-0.4, -0.2) is 22.0 Å². The number of hydrogen-bond acceptors (Lipinski definition) is 2. The van der Waals surface area contributed by atoms with Gasteiger partial charge in [-0.05, 0) is 12.8 Å². The smallest absolute Gasteiger partial charge is 0.0138 e. The highest BCUT2D eigenvalue weighted by Gasteiger charge is 2.25. The van der Waals surface area contributed by atoms with E-state index in [0.29, 0.717) is 0 Å². The topological polar surface area (TPSA) is 0 Å². The minimum Gasteiger partial charge on any atom is -0.157 e. The summed E-state index contributed by atoms with van der Waals surface area (Å²) in [4.78, 5) is 0. The molecule has 2 rings (SSSR count). The Morgan fingerprint density at radius 3 is 1.78 bits per heavy atom. The Hall–Kier alpha value is 0.700. The third kappa shape index (κ3) is 2.42. The Kier molecular flexibility index (Phi) is 1.96. The summed E-state index contributed by atoms with van der Waals surface area (Å²) in [5.41, 5.74) is 0. The van der Waals surface area contributed by atoms with Gasteiger partial charge >= 0.3 is 0 Å². The van der Waals surface area contributed by atoms with Gasteiger partial charge in [-0.15, -0.1) is 0 Å². The molecule has 0 bridgehead atoms. The molecule has 2 atom stereocenters. The average molecular weight is 160 g/mol. The second kappa shape index (κ2) is 2.75. The summed E-state index contributed by atoms with van der Waals surface area (Å²) in [6.07, 6.45) is 4.50. The normalized spacial score (nSPS) is 38.7. The van der Waals surface area contributed by atoms with E-state index in [0.717, 1.165) is 10.5 Å². The van der Waals surface area contributed by atoms with E-state index in [1.807, 2.05) is 0 Å². The van der Waals surface area contributed by atoms with E-state index in [-0.39, 0.29) is 0 Å². The molecule has 2 saturated heterocycles. The molecule has 0 nitrogen and oxygen atoms in total. The Bertz CT molecular complexity index is 83.1. The van der Waals surface area contributed by atoms with Crippen LogP contribution in [-0.2, 0) is 0 Å². The van der Waals surface area contributed by atoms with Gasteiger partial charge in [-0.1, -0.05) is 6.42 Å². The quantitative estimate of drug-likeness (QED) is 0.579. The predicted molar refractivity (Wildman–Crippen MR) is 46.3 cm³/mol. The maximum absolute atomic E-state index is 2.13. The van der Waals surface area contributed by atoms with Crippen LogP contribution >= 0.6 is 23.5 Å². The van der Waals surface area contributed by atoms with Gasteiger partial charge < -0.3 is 0 Å². The zero-order valence-corrected chi connectivity index (χ0v) is 7.14. The van der Waals surface area contributed by atoms with Crippen molar-refractivity contribution in [1.82, 2.24) is 0 Å². The van der Waals surface area contributed by atoms with Crippen LogP contribution in [0.4, 0.5) is 0 Å². The summed E-state index contributed by atoms with van der Waals surface area (Å²) >= 11 is 4.27. The molecule has 0 amide bonds. The first-order valence-corrected chi connectivity index (χ1v) is 5.78. The minimum absolute atomic E-state index is 1.08. The summed E-state index contributed by atoms with van der Waals surface area (Å²) < 4.78 is 0. The highest BCUT2D eigenvalue weighted by atomic mass is 32.2. The van der Waals surface area contributed by atoms with Crippen LogP contribution in [0.2, 0.25) is 0 Å². The molecule has 0 radical (unpaired) electrons. The van der Waals surface area contributed by atoms with Crippen LogP contribution in [0, 0.1) is 0 Å². The molecular weight excluding hydrogens is 148 g/mol. The number of thioether (sulfide) groups is 2. The Labute approximate surface area is 65.2 Å². The van der Waals surface area contributed by atoms with Crippen molar-refractivity contribution in [2.24, 2.45) is 0 Å². The lowest BCUT2D eigenvalue weighted by Crippen LogP contribution is -1.87. The number of hydrogen-bond donors (Lipinski definition) is 0. The standard InChI is InChI=1S/C7H12S2/c1(2-6-4-8-6)3-7-5-9-7/h6-7H,1-5H2. The van der Waals surface area contributed by atoms with E-state index in [2.05, 4.69) is 23.5 Å². The minimum atomic E-state index is 1.08. The van der Waals surface area contributed by atoms with Crippen molar-refractivity contribution >= 4 is 23.5 Å². The molecule has 9 heavy (non-hydrogen) atoms. The second-order valence-corrected chi connectivity index (χ2v) is 5.51. The van der Waals surface area contributed by atoms with Gasteiger partial charge in [-0.2, -0.15) is 23.5 Å². The molecule has 0 saturated carbocycles. The summed E-state index contributed by atoms with van der Waals surface area (Å²) in [6, 6.07) is 0. The summed E-state index contributed by atoms with van der Waals surface area (Å²) in [5.74, 6) is 2.91. The fourth-order valence-corrected chi connectivity index (χ4v) is 2.31. The van der Waals surface area contributed by atoms with Crippen molar-refractivity contribution in [1.29, 1.82) is 0 Å². The van der Waals surface area contributed by atoms with Gasteiger partial charge in [-0.3, -0.25) is 0 Å². The SMILES string of the molecule is C(CC1CS1)CC1CS1. The lowest BCUT2D eigenvalue weighted by Gasteiger charge is -1.92. The first-order valence-electron chi connectivity index (χ1n) is 3.68. The van der Waals surface area contributed by atoms with Crippen molar-refractivity contribution in [3.63, 3.8) is 0 Å². The van der Waals surface area contributed by atoms with Crippen LogP contribution in [0.5, 0.6) is 0 Å². The van der Waals surface area contributed by atoms with Crippen molar-refractivity contribution in [2.75, 3.05) is 11.5 Å². The second-order valence-electron chi connectivity index (χ2n) is 2.84. The maximum Gasteiger partial charge on any atom is 0.0138 e. The number of rotatable bonds is 4. The van der Waals surface area contributed by atoms with Gasteiger partial charge in [0.2, 0.25) is 0 Å². The Balaban J connectivity index is 1.46. The van der Waals surface area contributed by atoms with Crippen molar-refractivity contribution in [2.45, 2.75) is 29.8 Å². The summed E-state index contributed by atoms with van der Waals surface area (Å²) in [5, 5.41) is 2.16. The highest BCUT2D eigenvalue weighted by Crippen LogP contribution is 2.38. The van der Waals surface area contributed by atoms with E-state index in [9.17, 15) is 0 Å². The summed E-state index contributed by atoms with van der Waals surface area (Å²) in [6.45, 7) is 0. The average Bonchev–Trinajstić information content (AvgIpc) is 2.57. The molecule has 2 aliphatic rings. The lowest BCUT2D eigenvalue weighted by molar-refractivity contribution is 0.714. The molecule has 2 aliphatic heterocycles. The summed E-state index contributed by atoms with van der Waals surface area (Å²) in [7, 11) is 0. The highest BCUT2D eigenvalue weighted by molar-refractivity contribution is 8.07. The molecule has 2 unspecified atom stereocenters. The Morgan fingerprint density at radius 1 is 1.00 bits per heavy atom. The molecule has 0 aromatic rings. The monoisotopic (exact) mass is 160 g/mol. The fraction of sp³-hybridized carbons (Fsp3) is 1.00. The molecule has 2 heterocycles. The van der Waals surface area contributed by atoms with Crippen molar-refractivity contribution < 1.29 is 0 Å². The lowest BCUT2D eigenvalue weighted by atomic mass is 10.2. The molecule has 0 aliphatic carbocycles. The molecule has 0 aromatic heterocycles. The third-order valence-corrected chi connectivity index (χ3v) is 3.94. The van der Waals surface area contributed by atoms with E-state index in [4.69, 9.17) is 0 Å². The molecular formula is C7H12S2. The van der Waals surface area contributed by atoms with Crippen molar-refractivity contribution in [3.8, 4) is 0 Å². The van der Waals surface area contributed by atoms with E-state index in [1.54, 1.807) is 0 Å². The van der Waals surface area contributed by atoms with E-state index < -0.39 is 0 Å². The first-order chi connectivity index (χ1) is 4.45. The van der Waals surface area contributed by atoms with Crippen LogP contribution in [0.3, 0.4) is 0 Å². The third-order valence-electron chi connectivity index (χ3n) is 1.86. The van der Waals surface area contributed by atoms with Crippen LogP contribution in [0.25, 0.3) is 0 Å². The van der Waals surface area contributed by atoms with Crippen LogP contribution in [0.1, 0.15) is 19.3 Å². The van der Waals surface area contributed by atoms with Crippen molar-refractivity contribution in [3.05, 3.63) is 0 Å². The fourth-order valence-electron chi connectivity index (χ4n) is 1.04. The van der Waals surface area contributed by atoms with Gasteiger partial charge in [0.15, 0.2) is 0 Å². The zero-order valence-electron chi connectivity index (χ0n) is 5.51. The maximum atomic E-state index is 2.13. The first kappa shape index (κ1) is 6.41. The largest absolute Gasteiger partial charge is 0.157 e. The van der Waals surface area contributed by atoms with E-state index in [1.165, 1.54) is 30.8 Å². The van der Waals surface area contributed by atoms with Gasteiger partial charge in [0, 0.05) is 22.0 Å².